The normalized spacial score (nSPS) is 10.5. The van der Waals surface area contributed by atoms with Gasteiger partial charge in [0.15, 0.2) is 11.6 Å². The van der Waals surface area contributed by atoms with Crippen molar-refractivity contribution < 1.29 is 4.42 Å². The van der Waals surface area contributed by atoms with Crippen molar-refractivity contribution >= 4 is 16.7 Å². The first-order valence-electron chi connectivity index (χ1n) is 6.04. The van der Waals surface area contributed by atoms with Crippen molar-refractivity contribution in [3.63, 3.8) is 0 Å². The monoisotopic (exact) mass is 251 g/mol. The summed E-state index contributed by atoms with van der Waals surface area (Å²) in [5, 5.41) is 4.21. The summed E-state index contributed by atoms with van der Waals surface area (Å²) in [6.45, 7) is 4.36. The van der Waals surface area contributed by atoms with Crippen molar-refractivity contribution in [3.8, 4) is 11.6 Å². The molecular weight excluding hydrogens is 238 g/mol. The maximum absolute atomic E-state index is 5.35. The van der Waals surface area contributed by atoms with Crippen LogP contribution in [0.2, 0.25) is 0 Å². The molecule has 0 aliphatic carbocycles. The molecule has 0 radical (unpaired) electrons. The van der Waals surface area contributed by atoms with Crippen LogP contribution in [-0.4, -0.2) is 16.5 Å². The third-order valence-electron chi connectivity index (χ3n) is 2.76. The Hall–Kier alpha value is -2.62. The van der Waals surface area contributed by atoms with Gasteiger partial charge in [-0.1, -0.05) is 18.2 Å². The van der Waals surface area contributed by atoms with Crippen molar-refractivity contribution in [2.75, 3.05) is 11.9 Å². The van der Waals surface area contributed by atoms with Crippen molar-refractivity contribution in [2.45, 2.75) is 0 Å². The lowest BCUT2D eigenvalue weighted by molar-refractivity contribution is 0.577. The Bertz CT molecular complexity index is 704. The van der Waals surface area contributed by atoms with Crippen LogP contribution in [0.1, 0.15) is 0 Å². The molecule has 0 unspecified atom stereocenters. The summed E-state index contributed by atoms with van der Waals surface area (Å²) in [5.74, 6) is 2.03. The number of nitrogens with one attached hydrogen (secondary N) is 1. The second-order valence-electron chi connectivity index (χ2n) is 4.06. The average molecular weight is 251 g/mol. The zero-order chi connectivity index (χ0) is 13.1. The number of benzene rings is 1. The first-order valence-corrected chi connectivity index (χ1v) is 6.04. The molecule has 3 aromatic rings. The first-order chi connectivity index (χ1) is 9.38. The van der Waals surface area contributed by atoms with E-state index in [2.05, 4.69) is 21.9 Å². The number of rotatable bonds is 4. The van der Waals surface area contributed by atoms with E-state index in [0.29, 0.717) is 18.1 Å². The highest BCUT2D eigenvalue weighted by Crippen LogP contribution is 2.24. The van der Waals surface area contributed by atoms with Gasteiger partial charge in [-0.2, -0.15) is 0 Å². The summed E-state index contributed by atoms with van der Waals surface area (Å²) in [6.07, 6.45) is 3.41. The molecule has 0 saturated heterocycles. The van der Waals surface area contributed by atoms with E-state index < -0.39 is 0 Å². The molecule has 4 nitrogen and oxygen atoms in total. The molecule has 1 aromatic carbocycles. The number of hydrogen-bond donors (Lipinski definition) is 1. The Morgan fingerprint density at radius 2 is 2.05 bits per heavy atom. The Morgan fingerprint density at radius 3 is 2.84 bits per heavy atom. The second kappa shape index (κ2) is 4.94. The molecule has 4 heteroatoms. The predicted octanol–water partition coefficient (Wildman–Crippen LogP) is 3.49. The minimum absolute atomic E-state index is 0.579. The Morgan fingerprint density at radius 1 is 1.16 bits per heavy atom. The number of nitrogens with zero attached hydrogens (tertiary/aromatic N) is 2. The van der Waals surface area contributed by atoms with Crippen molar-refractivity contribution in [1.82, 2.24) is 9.97 Å². The molecule has 2 heterocycles. The predicted molar refractivity (Wildman–Crippen MR) is 75.9 cm³/mol. The van der Waals surface area contributed by atoms with Gasteiger partial charge in [-0.05, 0) is 24.3 Å². The number of anilines is 1. The highest BCUT2D eigenvalue weighted by Gasteiger charge is 2.10. The number of para-hydroxylation sites is 1. The van der Waals surface area contributed by atoms with Crippen LogP contribution in [0.15, 0.2) is 59.7 Å². The fourth-order valence-corrected chi connectivity index (χ4v) is 1.90. The fraction of sp³-hybridized carbons (Fsp3) is 0.0667. The maximum Gasteiger partial charge on any atom is 0.198 e. The topological polar surface area (TPSA) is 51.0 Å². The average Bonchev–Trinajstić information content (AvgIpc) is 2.98. The molecule has 0 bridgehead atoms. The van der Waals surface area contributed by atoms with E-state index in [9.17, 15) is 0 Å². The van der Waals surface area contributed by atoms with Gasteiger partial charge >= 0.3 is 0 Å². The van der Waals surface area contributed by atoms with Gasteiger partial charge in [0.2, 0.25) is 0 Å². The molecule has 0 saturated carbocycles. The van der Waals surface area contributed by atoms with E-state index in [1.54, 1.807) is 12.3 Å². The second-order valence-corrected chi connectivity index (χ2v) is 4.06. The number of aromatic nitrogens is 2. The molecule has 94 valence electrons. The van der Waals surface area contributed by atoms with Crippen LogP contribution >= 0.6 is 0 Å². The van der Waals surface area contributed by atoms with Crippen LogP contribution in [0.25, 0.3) is 22.5 Å². The minimum atomic E-state index is 0.579. The van der Waals surface area contributed by atoms with Gasteiger partial charge in [-0.25, -0.2) is 9.97 Å². The van der Waals surface area contributed by atoms with E-state index in [0.717, 1.165) is 16.7 Å². The van der Waals surface area contributed by atoms with Gasteiger partial charge in [0.1, 0.15) is 5.82 Å². The lowest BCUT2D eigenvalue weighted by Gasteiger charge is -2.08. The first kappa shape index (κ1) is 11.5. The quantitative estimate of drug-likeness (QED) is 0.721. The third kappa shape index (κ3) is 2.20. The summed E-state index contributed by atoms with van der Waals surface area (Å²) in [5.41, 5.74) is 0.885. The van der Waals surface area contributed by atoms with E-state index in [1.807, 2.05) is 36.4 Å². The van der Waals surface area contributed by atoms with Crippen LogP contribution in [0.3, 0.4) is 0 Å². The molecule has 0 fully saturated rings. The molecule has 0 aliphatic heterocycles. The van der Waals surface area contributed by atoms with E-state index in [1.165, 1.54) is 0 Å². The lowest BCUT2D eigenvalue weighted by Crippen LogP contribution is -2.03. The highest BCUT2D eigenvalue weighted by molar-refractivity contribution is 5.90. The van der Waals surface area contributed by atoms with Crippen LogP contribution in [0.5, 0.6) is 0 Å². The molecule has 0 amide bonds. The molecule has 0 aliphatic rings. The van der Waals surface area contributed by atoms with Crippen LogP contribution in [0.4, 0.5) is 5.82 Å². The molecular formula is C15H13N3O. The minimum Gasteiger partial charge on any atom is -0.461 e. The van der Waals surface area contributed by atoms with E-state index in [-0.39, 0.29) is 0 Å². The maximum atomic E-state index is 5.35. The Labute approximate surface area is 110 Å². The summed E-state index contributed by atoms with van der Waals surface area (Å²) >= 11 is 0. The lowest BCUT2D eigenvalue weighted by atomic mass is 10.2. The molecule has 19 heavy (non-hydrogen) atoms. The Balaban J connectivity index is 2.17. The van der Waals surface area contributed by atoms with Crippen molar-refractivity contribution in [2.24, 2.45) is 0 Å². The number of furan rings is 1. The molecule has 2 aromatic heterocycles. The molecule has 0 atom stereocenters. The molecule has 3 rings (SSSR count). The zero-order valence-electron chi connectivity index (χ0n) is 10.3. The van der Waals surface area contributed by atoms with E-state index in [4.69, 9.17) is 4.42 Å². The summed E-state index contributed by atoms with van der Waals surface area (Å²) < 4.78 is 5.35. The fourth-order valence-electron chi connectivity index (χ4n) is 1.90. The SMILES string of the molecule is C=CCNc1nc(-c2ccco2)nc2ccccc12. The summed E-state index contributed by atoms with van der Waals surface area (Å²) in [4.78, 5) is 9.03. The number of hydrogen-bond acceptors (Lipinski definition) is 4. The Kier molecular flexibility index (Phi) is 2.98. The number of fused-ring (bicyclic) bond motifs is 1. The van der Waals surface area contributed by atoms with Gasteiger partial charge in [0.25, 0.3) is 0 Å². The van der Waals surface area contributed by atoms with Crippen LogP contribution in [0, 0.1) is 0 Å². The zero-order valence-corrected chi connectivity index (χ0v) is 10.3. The van der Waals surface area contributed by atoms with Crippen LogP contribution < -0.4 is 5.32 Å². The van der Waals surface area contributed by atoms with Crippen molar-refractivity contribution in [3.05, 3.63) is 55.3 Å². The van der Waals surface area contributed by atoms with Gasteiger partial charge in [-0.15, -0.1) is 6.58 Å². The van der Waals surface area contributed by atoms with Crippen molar-refractivity contribution in [1.29, 1.82) is 0 Å². The summed E-state index contributed by atoms with van der Waals surface area (Å²) in [7, 11) is 0. The van der Waals surface area contributed by atoms with Gasteiger partial charge in [-0.3, -0.25) is 0 Å². The van der Waals surface area contributed by atoms with Gasteiger partial charge in [0.05, 0.1) is 11.8 Å². The van der Waals surface area contributed by atoms with Gasteiger partial charge < -0.3 is 9.73 Å². The largest absolute Gasteiger partial charge is 0.461 e. The highest BCUT2D eigenvalue weighted by atomic mass is 16.3. The standard InChI is InChI=1S/C15H13N3O/c1-2-9-16-14-11-6-3-4-7-12(11)17-15(18-14)13-8-5-10-19-13/h2-8,10H,1,9H2,(H,16,17,18). The molecule has 1 N–H and O–H groups in total. The summed E-state index contributed by atoms with van der Waals surface area (Å²) in [6, 6.07) is 11.6. The van der Waals surface area contributed by atoms with E-state index >= 15 is 0 Å². The van der Waals surface area contributed by atoms with Crippen LogP contribution in [-0.2, 0) is 0 Å². The molecule has 0 spiro atoms. The van der Waals surface area contributed by atoms with Gasteiger partial charge in [0, 0.05) is 11.9 Å². The smallest absolute Gasteiger partial charge is 0.198 e. The third-order valence-corrected chi connectivity index (χ3v) is 2.76.